The highest BCUT2D eigenvalue weighted by Crippen LogP contribution is 2.38. The highest BCUT2D eigenvalue weighted by molar-refractivity contribution is 5.47. The monoisotopic (exact) mass is 244 g/mol. The number of fused-ring (bicyclic) bond motifs is 1. The fraction of sp³-hybridized carbons (Fsp3) is 0.533. The number of hydrogen-bond acceptors (Lipinski definition) is 3. The third kappa shape index (κ3) is 2.09. The van der Waals surface area contributed by atoms with Crippen molar-refractivity contribution in [1.29, 1.82) is 5.26 Å². The molecule has 0 radical (unpaired) electrons. The first kappa shape index (κ1) is 12.9. The van der Waals surface area contributed by atoms with Crippen LogP contribution in [0.25, 0.3) is 0 Å². The van der Waals surface area contributed by atoms with Gasteiger partial charge in [-0.1, -0.05) is 13.0 Å². The summed E-state index contributed by atoms with van der Waals surface area (Å²) in [6, 6.07) is 8.86. The Hall–Kier alpha value is -1.53. The predicted molar refractivity (Wildman–Crippen MR) is 71.5 cm³/mol. The van der Waals surface area contributed by atoms with Crippen LogP contribution < -0.4 is 10.1 Å². The Morgan fingerprint density at radius 1 is 1.56 bits per heavy atom. The Morgan fingerprint density at radius 2 is 2.33 bits per heavy atom. The van der Waals surface area contributed by atoms with E-state index in [1.54, 1.807) is 7.11 Å². The lowest BCUT2D eigenvalue weighted by atomic mass is 9.92. The van der Waals surface area contributed by atoms with Crippen LogP contribution in [-0.4, -0.2) is 13.2 Å². The fourth-order valence-corrected chi connectivity index (χ4v) is 2.58. The summed E-state index contributed by atoms with van der Waals surface area (Å²) in [6.45, 7) is 4.25. The van der Waals surface area contributed by atoms with E-state index in [0.29, 0.717) is 6.04 Å². The minimum atomic E-state index is -0.542. The summed E-state index contributed by atoms with van der Waals surface area (Å²) in [7, 11) is 1.66. The third-order valence-electron chi connectivity index (χ3n) is 3.84. The van der Waals surface area contributed by atoms with Crippen molar-refractivity contribution in [3.8, 4) is 11.8 Å². The normalized spacial score (nSPS) is 23.2. The van der Waals surface area contributed by atoms with E-state index >= 15 is 0 Å². The average Bonchev–Trinajstić information content (AvgIpc) is 2.77. The van der Waals surface area contributed by atoms with E-state index in [2.05, 4.69) is 31.3 Å². The SMILES string of the molecule is CCC(C)NC1(C#N)CCc2ccc(OC)cc21. The molecule has 2 unspecified atom stereocenters. The van der Waals surface area contributed by atoms with Crippen LogP contribution in [-0.2, 0) is 12.0 Å². The van der Waals surface area contributed by atoms with E-state index in [-0.39, 0.29) is 0 Å². The molecule has 1 aliphatic carbocycles. The molecule has 96 valence electrons. The quantitative estimate of drug-likeness (QED) is 0.885. The van der Waals surface area contributed by atoms with Crippen molar-refractivity contribution in [2.75, 3.05) is 7.11 Å². The lowest BCUT2D eigenvalue weighted by molar-refractivity contribution is 0.363. The molecule has 0 fully saturated rings. The van der Waals surface area contributed by atoms with Crippen molar-refractivity contribution >= 4 is 0 Å². The molecule has 3 heteroatoms. The number of methoxy groups -OCH3 is 1. The van der Waals surface area contributed by atoms with Crippen molar-refractivity contribution in [2.24, 2.45) is 0 Å². The fourth-order valence-electron chi connectivity index (χ4n) is 2.58. The van der Waals surface area contributed by atoms with Gasteiger partial charge < -0.3 is 4.74 Å². The second-order valence-corrected chi connectivity index (χ2v) is 4.99. The zero-order valence-corrected chi connectivity index (χ0v) is 11.3. The summed E-state index contributed by atoms with van der Waals surface area (Å²) in [5.41, 5.74) is 1.80. The van der Waals surface area contributed by atoms with E-state index in [4.69, 9.17) is 4.74 Å². The van der Waals surface area contributed by atoms with E-state index in [1.807, 2.05) is 12.1 Å². The number of rotatable bonds is 4. The van der Waals surface area contributed by atoms with Crippen molar-refractivity contribution in [3.05, 3.63) is 29.3 Å². The van der Waals surface area contributed by atoms with Gasteiger partial charge in [0.05, 0.1) is 13.2 Å². The van der Waals surface area contributed by atoms with Gasteiger partial charge in [-0.3, -0.25) is 5.32 Å². The maximum atomic E-state index is 9.62. The van der Waals surface area contributed by atoms with Gasteiger partial charge in [0.25, 0.3) is 0 Å². The second-order valence-electron chi connectivity index (χ2n) is 4.99. The van der Waals surface area contributed by atoms with Gasteiger partial charge in [0.1, 0.15) is 11.3 Å². The lowest BCUT2D eigenvalue weighted by Crippen LogP contribution is -2.44. The van der Waals surface area contributed by atoms with Gasteiger partial charge >= 0.3 is 0 Å². The molecule has 0 bridgehead atoms. The van der Waals surface area contributed by atoms with Crippen molar-refractivity contribution in [1.82, 2.24) is 5.32 Å². The van der Waals surface area contributed by atoms with Crippen LogP contribution in [0, 0.1) is 11.3 Å². The molecule has 0 saturated carbocycles. The molecule has 1 aliphatic rings. The number of hydrogen-bond donors (Lipinski definition) is 1. The summed E-state index contributed by atoms with van der Waals surface area (Å²) in [4.78, 5) is 0. The zero-order valence-electron chi connectivity index (χ0n) is 11.3. The molecular formula is C15H20N2O. The molecule has 0 aromatic heterocycles. The van der Waals surface area contributed by atoms with Gasteiger partial charge in [0.2, 0.25) is 0 Å². The topological polar surface area (TPSA) is 45.0 Å². The maximum absolute atomic E-state index is 9.62. The summed E-state index contributed by atoms with van der Waals surface area (Å²) in [5.74, 6) is 0.821. The number of nitriles is 1. The van der Waals surface area contributed by atoms with Crippen LogP contribution in [0.2, 0.25) is 0 Å². The second kappa shape index (κ2) is 4.99. The Labute approximate surface area is 109 Å². The molecule has 2 atom stereocenters. The maximum Gasteiger partial charge on any atom is 0.133 e. The number of nitrogens with zero attached hydrogens (tertiary/aromatic N) is 1. The molecule has 1 aromatic rings. The van der Waals surface area contributed by atoms with Gasteiger partial charge in [-0.15, -0.1) is 0 Å². The largest absolute Gasteiger partial charge is 0.497 e. The third-order valence-corrected chi connectivity index (χ3v) is 3.84. The number of nitrogens with one attached hydrogen (secondary N) is 1. The van der Waals surface area contributed by atoms with E-state index in [1.165, 1.54) is 5.56 Å². The molecule has 18 heavy (non-hydrogen) atoms. The van der Waals surface area contributed by atoms with Crippen molar-refractivity contribution in [3.63, 3.8) is 0 Å². The first-order valence-electron chi connectivity index (χ1n) is 6.51. The minimum absolute atomic E-state index is 0.335. The molecule has 1 aromatic carbocycles. The summed E-state index contributed by atoms with van der Waals surface area (Å²) < 4.78 is 5.27. The van der Waals surface area contributed by atoms with Gasteiger partial charge in [-0.05, 0) is 49.4 Å². The number of aryl methyl sites for hydroxylation is 1. The molecule has 3 nitrogen and oxygen atoms in total. The molecule has 1 N–H and O–H groups in total. The van der Waals surface area contributed by atoms with Crippen LogP contribution >= 0.6 is 0 Å². The Bertz CT molecular complexity index is 478. The first-order chi connectivity index (χ1) is 8.65. The summed E-state index contributed by atoms with van der Waals surface area (Å²) in [6.07, 6.45) is 2.81. The minimum Gasteiger partial charge on any atom is -0.497 e. The number of ether oxygens (including phenoxy) is 1. The summed E-state index contributed by atoms with van der Waals surface area (Å²) >= 11 is 0. The van der Waals surface area contributed by atoms with E-state index in [9.17, 15) is 5.26 Å². The van der Waals surface area contributed by atoms with Crippen molar-refractivity contribution in [2.45, 2.75) is 44.7 Å². The first-order valence-corrected chi connectivity index (χ1v) is 6.51. The Morgan fingerprint density at radius 3 is 2.94 bits per heavy atom. The standard InChI is InChI=1S/C15H20N2O/c1-4-11(2)17-15(10-16)8-7-12-5-6-13(18-3)9-14(12)15/h5-6,9,11,17H,4,7-8H2,1-3H3. The highest BCUT2D eigenvalue weighted by atomic mass is 16.5. The zero-order chi connectivity index (χ0) is 13.2. The van der Waals surface area contributed by atoms with Gasteiger partial charge in [-0.2, -0.15) is 5.26 Å². The van der Waals surface area contributed by atoms with E-state index < -0.39 is 5.54 Å². The van der Waals surface area contributed by atoms with Crippen molar-refractivity contribution < 1.29 is 4.74 Å². The predicted octanol–water partition coefficient (Wildman–Crippen LogP) is 2.75. The summed E-state index contributed by atoms with van der Waals surface area (Å²) in [5, 5.41) is 13.1. The Kier molecular flexibility index (Phi) is 3.58. The molecule has 0 amide bonds. The van der Waals surface area contributed by atoms with Crippen LogP contribution in [0.15, 0.2) is 18.2 Å². The smallest absolute Gasteiger partial charge is 0.133 e. The number of benzene rings is 1. The van der Waals surface area contributed by atoms with Crippen LogP contribution in [0.3, 0.4) is 0 Å². The Balaban J connectivity index is 2.40. The van der Waals surface area contributed by atoms with Gasteiger partial charge in [0, 0.05) is 6.04 Å². The van der Waals surface area contributed by atoms with Gasteiger partial charge in [-0.25, -0.2) is 0 Å². The molecule has 0 saturated heterocycles. The molecule has 0 aliphatic heterocycles. The molecule has 2 rings (SSSR count). The molecular weight excluding hydrogens is 224 g/mol. The highest BCUT2D eigenvalue weighted by Gasteiger charge is 2.39. The van der Waals surface area contributed by atoms with Crippen LogP contribution in [0.4, 0.5) is 0 Å². The van der Waals surface area contributed by atoms with Crippen LogP contribution in [0.5, 0.6) is 5.75 Å². The molecule has 0 spiro atoms. The van der Waals surface area contributed by atoms with Crippen LogP contribution in [0.1, 0.15) is 37.8 Å². The van der Waals surface area contributed by atoms with E-state index in [0.717, 1.165) is 30.6 Å². The molecule has 0 heterocycles. The van der Waals surface area contributed by atoms with Gasteiger partial charge in [0.15, 0.2) is 0 Å². The lowest BCUT2D eigenvalue weighted by Gasteiger charge is -2.28. The average molecular weight is 244 g/mol.